The van der Waals surface area contributed by atoms with Crippen LogP contribution in [0.1, 0.15) is 51.1 Å². The zero-order valence-corrected chi connectivity index (χ0v) is 15.2. The molecule has 2 aromatic carbocycles. The molecule has 3 aromatic rings. The Morgan fingerprint density at radius 2 is 1.77 bits per heavy atom. The first kappa shape index (κ1) is 18.0. The van der Waals surface area contributed by atoms with Crippen molar-refractivity contribution in [1.29, 1.82) is 0 Å². The van der Waals surface area contributed by atoms with Gasteiger partial charge in [-0.1, -0.05) is 26.0 Å². The van der Waals surface area contributed by atoms with Gasteiger partial charge in [-0.3, -0.25) is 14.8 Å². The Hall–Kier alpha value is -2.77. The van der Waals surface area contributed by atoms with E-state index in [9.17, 15) is 9.59 Å². The number of hydroxylamine groups is 1. The molecular formula is C19H19N3O3S. The van der Waals surface area contributed by atoms with E-state index in [0.717, 1.165) is 20.8 Å². The Bertz CT molecular complexity index is 964. The molecule has 1 aromatic heterocycles. The van der Waals surface area contributed by atoms with E-state index in [4.69, 9.17) is 15.9 Å². The molecule has 0 fully saturated rings. The van der Waals surface area contributed by atoms with E-state index in [1.165, 1.54) is 11.3 Å². The molecule has 0 aliphatic carbocycles. The summed E-state index contributed by atoms with van der Waals surface area (Å²) in [5.74, 6) is -0.670. The fraction of sp³-hybridized carbons (Fsp3) is 0.211. The van der Waals surface area contributed by atoms with Gasteiger partial charge < -0.3 is 5.73 Å². The van der Waals surface area contributed by atoms with Crippen molar-refractivity contribution < 1.29 is 14.8 Å². The van der Waals surface area contributed by atoms with Crippen LogP contribution in [-0.4, -0.2) is 22.0 Å². The third kappa shape index (κ3) is 3.44. The van der Waals surface area contributed by atoms with E-state index in [-0.39, 0.29) is 11.8 Å². The van der Waals surface area contributed by atoms with Crippen molar-refractivity contribution in [3.8, 4) is 0 Å². The summed E-state index contributed by atoms with van der Waals surface area (Å²) in [6, 6.07) is 12.4. The zero-order chi connectivity index (χ0) is 18.8. The molecule has 0 aliphatic heterocycles. The molecule has 0 bridgehead atoms. The normalized spacial score (nSPS) is 12.3. The van der Waals surface area contributed by atoms with Crippen LogP contribution in [0.5, 0.6) is 0 Å². The van der Waals surface area contributed by atoms with Crippen molar-refractivity contribution in [2.75, 3.05) is 0 Å². The lowest BCUT2D eigenvalue weighted by Crippen LogP contribution is -2.18. The molecular weight excluding hydrogens is 350 g/mol. The predicted octanol–water partition coefficient (Wildman–Crippen LogP) is 3.30. The van der Waals surface area contributed by atoms with E-state index in [0.29, 0.717) is 11.1 Å². The third-order valence-corrected chi connectivity index (χ3v) is 5.36. The average molecular weight is 369 g/mol. The lowest BCUT2D eigenvalue weighted by molar-refractivity contribution is 0.0706. The molecule has 0 saturated heterocycles. The Labute approximate surface area is 154 Å². The van der Waals surface area contributed by atoms with Crippen LogP contribution in [0.15, 0.2) is 42.5 Å². The summed E-state index contributed by atoms with van der Waals surface area (Å²) in [5.41, 5.74) is 9.70. The number of thiazole rings is 1. The second-order valence-electron chi connectivity index (χ2n) is 6.38. The number of hydrogen-bond donors (Lipinski definition) is 3. The Balaban J connectivity index is 2.01. The Morgan fingerprint density at radius 1 is 1.12 bits per heavy atom. The predicted molar refractivity (Wildman–Crippen MR) is 101 cm³/mol. The number of aromatic nitrogens is 1. The second kappa shape index (κ2) is 7.23. The van der Waals surface area contributed by atoms with E-state index in [1.54, 1.807) is 29.7 Å². The maximum Gasteiger partial charge on any atom is 0.274 e. The fourth-order valence-electron chi connectivity index (χ4n) is 2.95. The molecule has 1 heterocycles. The fourth-order valence-corrected chi connectivity index (χ4v) is 4.26. The van der Waals surface area contributed by atoms with Crippen LogP contribution < -0.4 is 11.2 Å². The van der Waals surface area contributed by atoms with Crippen molar-refractivity contribution in [3.05, 3.63) is 64.2 Å². The number of benzene rings is 2. The molecule has 1 atom stereocenters. The lowest BCUT2D eigenvalue weighted by atomic mass is 9.88. The van der Waals surface area contributed by atoms with Crippen molar-refractivity contribution in [2.45, 2.75) is 19.8 Å². The van der Waals surface area contributed by atoms with Gasteiger partial charge in [0.25, 0.3) is 5.91 Å². The molecule has 7 heteroatoms. The van der Waals surface area contributed by atoms with Gasteiger partial charge in [-0.15, -0.1) is 11.3 Å². The van der Waals surface area contributed by atoms with Gasteiger partial charge in [-0.05, 0) is 41.8 Å². The Kier molecular flexibility index (Phi) is 5.01. The highest BCUT2D eigenvalue weighted by Crippen LogP contribution is 2.37. The minimum absolute atomic E-state index is 0.0515. The first-order valence-electron chi connectivity index (χ1n) is 8.15. The molecule has 134 valence electrons. The third-order valence-electron chi connectivity index (χ3n) is 4.26. The smallest absolute Gasteiger partial charge is 0.274 e. The van der Waals surface area contributed by atoms with Gasteiger partial charge in [-0.2, -0.15) is 0 Å². The molecule has 0 radical (unpaired) electrons. The monoisotopic (exact) mass is 369 g/mol. The number of carbonyl (C=O) groups excluding carboxylic acids is 2. The second-order valence-corrected chi connectivity index (χ2v) is 7.45. The number of fused-ring (bicyclic) bond motifs is 1. The Morgan fingerprint density at radius 3 is 2.35 bits per heavy atom. The van der Waals surface area contributed by atoms with Gasteiger partial charge in [0, 0.05) is 17.0 Å². The van der Waals surface area contributed by atoms with Crippen molar-refractivity contribution in [1.82, 2.24) is 10.5 Å². The SMILES string of the molecule is CC(C)C(c1ccc(C(=O)NO)cc1)c1nc2ccc(C(N)=O)cc2s1. The quantitative estimate of drug-likeness (QED) is 0.474. The van der Waals surface area contributed by atoms with E-state index < -0.39 is 11.8 Å². The molecule has 6 nitrogen and oxygen atoms in total. The van der Waals surface area contributed by atoms with Crippen LogP contribution in [0.2, 0.25) is 0 Å². The highest BCUT2D eigenvalue weighted by molar-refractivity contribution is 7.18. The lowest BCUT2D eigenvalue weighted by Gasteiger charge is -2.19. The molecule has 3 rings (SSSR count). The zero-order valence-electron chi connectivity index (χ0n) is 14.4. The molecule has 0 spiro atoms. The summed E-state index contributed by atoms with van der Waals surface area (Å²) in [5, 5.41) is 9.67. The minimum atomic E-state index is -0.545. The van der Waals surface area contributed by atoms with Crippen molar-refractivity contribution in [2.24, 2.45) is 11.7 Å². The van der Waals surface area contributed by atoms with Gasteiger partial charge >= 0.3 is 0 Å². The van der Waals surface area contributed by atoms with Crippen LogP contribution in [0.3, 0.4) is 0 Å². The van der Waals surface area contributed by atoms with Gasteiger partial charge in [0.05, 0.1) is 10.2 Å². The maximum atomic E-state index is 11.5. The van der Waals surface area contributed by atoms with Crippen molar-refractivity contribution >= 4 is 33.4 Å². The molecule has 0 aliphatic rings. The standard InChI is InChI=1S/C19H19N3O3S/c1-10(2)16(11-3-5-12(6-4-11)18(24)22-25)19-21-14-8-7-13(17(20)23)9-15(14)26-19/h3-10,16,25H,1-2H3,(H2,20,23)(H,22,24). The number of carbonyl (C=O) groups is 2. The van der Waals surface area contributed by atoms with E-state index in [1.807, 2.05) is 18.2 Å². The molecule has 1 unspecified atom stereocenters. The summed E-state index contributed by atoms with van der Waals surface area (Å²) < 4.78 is 0.915. The van der Waals surface area contributed by atoms with Crippen LogP contribution in [0.4, 0.5) is 0 Å². The molecule has 0 saturated carbocycles. The summed E-state index contributed by atoms with van der Waals surface area (Å²) in [6.45, 7) is 4.22. The van der Waals surface area contributed by atoms with Gasteiger partial charge in [0.15, 0.2) is 0 Å². The molecule has 2 amide bonds. The maximum absolute atomic E-state index is 11.5. The first-order valence-corrected chi connectivity index (χ1v) is 8.97. The number of primary amides is 1. The van der Waals surface area contributed by atoms with Crippen LogP contribution in [0, 0.1) is 5.92 Å². The number of nitrogens with zero attached hydrogens (tertiary/aromatic N) is 1. The summed E-state index contributed by atoms with van der Waals surface area (Å²) >= 11 is 1.54. The highest BCUT2D eigenvalue weighted by Gasteiger charge is 2.22. The number of nitrogens with one attached hydrogen (secondary N) is 1. The number of rotatable bonds is 5. The first-order chi connectivity index (χ1) is 12.4. The molecule has 4 N–H and O–H groups in total. The van der Waals surface area contributed by atoms with Crippen molar-refractivity contribution in [3.63, 3.8) is 0 Å². The van der Waals surface area contributed by atoms with Gasteiger partial charge in [0.2, 0.25) is 5.91 Å². The van der Waals surface area contributed by atoms with Gasteiger partial charge in [0.1, 0.15) is 5.01 Å². The minimum Gasteiger partial charge on any atom is -0.366 e. The topological polar surface area (TPSA) is 105 Å². The summed E-state index contributed by atoms with van der Waals surface area (Å²) in [7, 11) is 0. The van der Waals surface area contributed by atoms with Crippen LogP contribution in [0.25, 0.3) is 10.2 Å². The number of hydrogen-bond acceptors (Lipinski definition) is 5. The average Bonchev–Trinajstić information content (AvgIpc) is 3.03. The summed E-state index contributed by atoms with van der Waals surface area (Å²) in [4.78, 5) is 27.6. The summed E-state index contributed by atoms with van der Waals surface area (Å²) in [6.07, 6.45) is 0. The van der Waals surface area contributed by atoms with E-state index in [2.05, 4.69) is 13.8 Å². The van der Waals surface area contributed by atoms with E-state index >= 15 is 0 Å². The van der Waals surface area contributed by atoms with Crippen LogP contribution in [-0.2, 0) is 0 Å². The van der Waals surface area contributed by atoms with Crippen LogP contribution >= 0.6 is 11.3 Å². The number of nitrogens with two attached hydrogens (primary N) is 1. The largest absolute Gasteiger partial charge is 0.366 e. The highest BCUT2D eigenvalue weighted by atomic mass is 32.1. The van der Waals surface area contributed by atoms with Gasteiger partial charge in [-0.25, -0.2) is 10.5 Å². The molecule has 26 heavy (non-hydrogen) atoms. The number of amides is 2.